The fourth-order valence-electron chi connectivity index (χ4n) is 1.71. The number of hydrazone groups is 1. The molecule has 0 bridgehead atoms. The van der Waals surface area contributed by atoms with Gasteiger partial charge in [-0.25, -0.2) is 9.97 Å². The monoisotopic (exact) mass is 303 g/mol. The van der Waals surface area contributed by atoms with Gasteiger partial charge in [-0.05, 0) is 23.1 Å². The molecule has 7 heteroatoms. The Morgan fingerprint density at radius 1 is 1.30 bits per heavy atom. The molecule has 0 saturated carbocycles. The summed E-state index contributed by atoms with van der Waals surface area (Å²) in [6, 6.07) is 7.75. The van der Waals surface area contributed by atoms with E-state index < -0.39 is 0 Å². The molecule has 0 atom stereocenters. The summed E-state index contributed by atoms with van der Waals surface area (Å²) in [5, 5.41) is 9.08. The van der Waals surface area contributed by atoms with Crippen molar-refractivity contribution < 1.29 is 0 Å². The maximum atomic E-state index is 5.85. The predicted octanol–water partition coefficient (Wildman–Crippen LogP) is 3.37. The fraction of sp³-hybridized carbons (Fsp3) is 0. The predicted molar refractivity (Wildman–Crippen MR) is 84.5 cm³/mol. The number of nitrogens with two attached hydrogens (primary N) is 1. The summed E-state index contributed by atoms with van der Waals surface area (Å²) in [7, 11) is 0. The first-order chi connectivity index (χ1) is 9.70. The number of hydrogen-bond donors (Lipinski definition) is 2. The van der Waals surface area contributed by atoms with E-state index >= 15 is 0 Å². The van der Waals surface area contributed by atoms with Crippen LogP contribution in [0.25, 0.3) is 10.8 Å². The highest BCUT2D eigenvalue weighted by molar-refractivity contribution is 7.14. The number of aromatic nitrogens is 2. The van der Waals surface area contributed by atoms with Crippen LogP contribution in [0, 0.1) is 0 Å². The normalized spacial score (nSPS) is 11.2. The minimum Gasteiger partial charge on any atom is -0.383 e. The summed E-state index contributed by atoms with van der Waals surface area (Å²) in [5.74, 6) is 0.487. The minimum atomic E-state index is 0.487. The molecule has 0 radical (unpaired) electrons. The average molecular weight is 304 g/mol. The topological polar surface area (TPSA) is 76.2 Å². The zero-order valence-corrected chi connectivity index (χ0v) is 11.8. The van der Waals surface area contributed by atoms with Gasteiger partial charge in [0.05, 0.1) is 6.21 Å². The van der Waals surface area contributed by atoms with Gasteiger partial charge in [0.25, 0.3) is 0 Å². The van der Waals surface area contributed by atoms with E-state index in [0.717, 1.165) is 16.3 Å². The lowest BCUT2D eigenvalue weighted by atomic mass is 10.1. The highest BCUT2D eigenvalue weighted by atomic mass is 35.5. The molecule has 2 heterocycles. The largest absolute Gasteiger partial charge is 0.383 e. The van der Waals surface area contributed by atoms with Crippen LogP contribution in [0.1, 0.15) is 5.56 Å². The molecule has 20 heavy (non-hydrogen) atoms. The summed E-state index contributed by atoms with van der Waals surface area (Å²) >= 11 is 7.25. The van der Waals surface area contributed by atoms with E-state index in [1.54, 1.807) is 17.8 Å². The molecule has 3 aromatic rings. The molecule has 5 nitrogen and oxygen atoms in total. The molecular weight excluding hydrogens is 294 g/mol. The van der Waals surface area contributed by atoms with Gasteiger partial charge in [0.1, 0.15) is 11.0 Å². The molecule has 0 aliphatic carbocycles. The zero-order valence-electron chi connectivity index (χ0n) is 10.2. The van der Waals surface area contributed by atoms with Gasteiger partial charge in [-0.15, -0.1) is 11.3 Å². The number of rotatable bonds is 3. The summed E-state index contributed by atoms with van der Waals surface area (Å²) < 4.78 is 0. The molecular formula is C13H10ClN5S. The smallest absolute Gasteiger partial charge is 0.205 e. The number of nitrogens with zero attached hydrogens (tertiary/aromatic N) is 3. The van der Waals surface area contributed by atoms with E-state index in [2.05, 4.69) is 20.5 Å². The number of anilines is 2. The van der Waals surface area contributed by atoms with Crippen LogP contribution in [-0.2, 0) is 0 Å². The SMILES string of the molecule is Nc1csc(NN=Cc2ccc3cc(Cl)ncc3c2)n1. The molecule has 3 N–H and O–H groups in total. The van der Waals surface area contributed by atoms with E-state index in [9.17, 15) is 0 Å². The highest BCUT2D eigenvalue weighted by Crippen LogP contribution is 2.18. The summed E-state index contributed by atoms with van der Waals surface area (Å²) in [5.41, 5.74) is 9.31. The molecule has 0 unspecified atom stereocenters. The first-order valence-electron chi connectivity index (χ1n) is 5.76. The van der Waals surface area contributed by atoms with Crippen molar-refractivity contribution in [1.82, 2.24) is 9.97 Å². The van der Waals surface area contributed by atoms with Gasteiger partial charge in [0, 0.05) is 17.0 Å². The number of thiazole rings is 1. The third kappa shape index (κ3) is 2.87. The van der Waals surface area contributed by atoms with Gasteiger partial charge >= 0.3 is 0 Å². The molecule has 100 valence electrons. The fourth-order valence-corrected chi connectivity index (χ4v) is 2.43. The Morgan fingerprint density at radius 3 is 3.00 bits per heavy atom. The lowest BCUT2D eigenvalue weighted by Crippen LogP contribution is -1.91. The van der Waals surface area contributed by atoms with Crippen LogP contribution in [0.4, 0.5) is 10.9 Å². The van der Waals surface area contributed by atoms with Crippen molar-refractivity contribution in [3.05, 3.63) is 46.6 Å². The van der Waals surface area contributed by atoms with Crippen LogP contribution in [0.2, 0.25) is 5.15 Å². The number of halogens is 1. The number of nitrogens with one attached hydrogen (secondary N) is 1. The van der Waals surface area contributed by atoms with Crippen molar-refractivity contribution in [1.29, 1.82) is 0 Å². The summed E-state index contributed by atoms with van der Waals surface area (Å²) in [6.45, 7) is 0. The Hall–Kier alpha value is -2.18. The van der Waals surface area contributed by atoms with Gasteiger partial charge in [0.2, 0.25) is 5.13 Å². The molecule has 3 rings (SSSR count). The Morgan fingerprint density at radius 2 is 2.20 bits per heavy atom. The summed E-state index contributed by atoms with van der Waals surface area (Å²) in [6.07, 6.45) is 3.45. The lowest BCUT2D eigenvalue weighted by molar-refractivity contribution is 1.29. The summed E-state index contributed by atoms with van der Waals surface area (Å²) in [4.78, 5) is 8.11. The van der Waals surface area contributed by atoms with Crippen LogP contribution in [0.15, 0.2) is 40.9 Å². The molecule has 0 amide bonds. The second kappa shape index (κ2) is 5.44. The van der Waals surface area contributed by atoms with Gasteiger partial charge in [-0.3, -0.25) is 5.43 Å². The highest BCUT2D eigenvalue weighted by Gasteiger charge is 1.98. The van der Waals surface area contributed by atoms with Crippen molar-refractivity contribution in [2.24, 2.45) is 5.10 Å². The maximum Gasteiger partial charge on any atom is 0.205 e. The second-order valence-electron chi connectivity index (χ2n) is 4.06. The maximum absolute atomic E-state index is 5.85. The lowest BCUT2D eigenvalue weighted by Gasteiger charge is -1.99. The van der Waals surface area contributed by atoms with E-state index in [-0.39, 0.29) is 0 Å². The van der Waals surface area contributed by atoms with E-state index in [1.165, 1.54) is 11.3 Å². The third-order valence-electron chi connectivity index (χ3n) is 2.61. The molecule has 1 aromatic carbocycles. The molecule has 2 aromatic heterocycles. The Labute approximate surface area is 124 Å². The van der Waals surface area contributed by atoms with Gasteiger partial charge < -0.3 is 5.73 Å². The first kappa shape index (κ1) is 12.8. The second-order valence-corrected chi connectivity index (χ2v) is 5.31. The van der Waals surface area contributed by atoms with Gasteiger partial charge in [-0.2, -0.15) is 5.10 Å². The molecule has 0 fully saturated rings. The number of hydrogen-bond acceptors (Lipinski definition) is 6. The standard InChI is InChI=1S/C13H10ClN5S/c14-11-4-9-2-1-8(3-10(9)6-16-11)5-17-19-13-18-12(15)7-20-13/h1-7H,15H2,(H,18,19). The van der Waals surface area contributed by atoms with E-state index in [0.29, 0.717) is 16.1 Å². The van der Waals surface area contributed by atoms with Gasteiger partial charge in [-0.1, -0.05) is 23.7 Å². The number of benzene rings is 1. The molecule has 0 spiro atoms. The number of nitrogen functional groups attached to an aromatic ring is 1. The zero-order chi connectivity index (χ0) is 13.9. The van der Waals surface area contributed by atoms with Crippen molar-refractivity contribution in [3.63, 3.8) is 0 Å². The van der Waals surface area contributed by atoms with Crippen LogP contribution in [0.3, 0.4) is 0 Å². The van der Waals surface area contributed by atoms with Crippen LogP contribution in [-0.4, -0.2) is 16.2 Å². The number of pyridine rings is 1. The molecule has 0 aliphatic heterocycles. The first-order valence-corrected chi connectivity index (χ1v) is 7.02. The Kier molecular flexibility index (Phi) is 3.49. The van der Waals surface area contributed by atoms with Crippen molar-refractivity contribution >= 4 is 50.9 Å². The Bertz CT molecular complexity index is 783. The van der Waals surface area contributed by atoms with Crippen LogP contribution >= 0.6 is 22.9 Å². The number of fused-ring (bicyclic) bond motifs is 1. The van der Waals surface area contributed by atoms with E-state index in [4.69, 9.17) is 17.3 Å². The minimum absolute atomic E-state index is 0.487. The van der Waals surface area contributed by atoms with Crippen LogP contribution in [0.5, 0.6) is 0 Å². The van der Waals surface area contributed by atoms with Crippen molar-refractivity contribution in [2.75, 3.05) is 11.2 Å². The quantitative estimate of drug-likeness (QED) is 0.442. The van der Waals surface area contributed by atoms with Gasteiger partial charge in [0.15, 0.2) is 0 Å². The van der Waals surface area contributed by atoms with Crippen molar-refractivity contribution in [2.45, 2.75) is 0 Å². The van der Waals surface area contributed by atoms with Crippen LogP contribution < -0.4 is 11.2 Å². The molecule has 0 aliphatic rings. The Balaban J connectivity index is 1.78. The molecule has 0 saturated heterocycles. The van der Waals surface area contributed by atoms with Crippen molar-refractivity contribution in [3.8, 4) is 0 Å². The third-order valence-corrected chi connectivity index (χ3v) is 3.58. The van der Waals surface area contributed by atoms with E-state index in [1.807, 2.05) is 24.3 Å². The average Bonchev–Trinajstić information content (AvgIpc) is 2.85.